The molecule has 1 saturated carbocycles. The topological polar surface area (TPSA) is 95.1 Å². The van der Waals surface area contributed by atoms with E-state index in [1.165, 1.54) is 45.3 Å². The standard InChI is InChI=1S/C15H18F2N6O.C7H14.C2H6.C2H4.CH5N/c16-14(17)13-10(4-18-21-13)11-5-19-23-2-1-12(20-15(11)23)22-6-9-3-8(22)7-24-9;1-7-5-3-2-4-6-7;3*1-2/h4-5,8-9,11,14-15H,1-3,6-7H2,(H,18,21);7H,2-6H2,1H3;1-2H3;1-2H2;2H2,1H3. The maximum Gasteiger partial charge on any atom is 0.280 e. The van der Waals surface area contributed by atoms with Crippen molar-refractivity contribution in [2.45, 2.75) is 96.4 Å². The van der Waals surface area contributed by atoms with E-state index >= 15 is 0 Å². The molecule has 2 saturated heterocycles. The van der Waals surface area contributed by atoms with Crippen molar-refractivity contribution in [2.75, 3.05) is 26.7 Å². The Bertz CT molecular complexity index is 840. The molecule has 0 radical (unpaired) electrons. The number of likely N-dealkylation sites (tertiary alicyclic amines) is 1. The van der Waals surface area contributed by atoms with Crippen LogP contribution in [0.4, 0.5) is 8.78 Å². The lowest BCUT2D eigenvalue weighted by atomic mass is 9.91. The second-order valence-electron chi connectivity index (χ2n) is 9.44. The largest absolute Gasteiger partial charge is 0.374 e. The zero-order valence-electron chi connectivity index (χ0n) is 23.1. The summed E-state index contributed by atoms with van der Waals surface area (Å²) >= 11 is 0. The van der Waals surface area contributed by atoms with Crippen molar-refractivity contribution in [2.24, 2.45) is 21.7 Å². The highest BCUT2D eigenvalue weighted by Crippen LogP contribution is 2.36. The number of aliphatic imine (C=N–C) groups is 1. The zero-order valence-corrected chi connectivity index (χ0v) is 23.1. The molecule has 0 spiro atoms. The summed E-state index contributed by atoms with van der Waals surface area (Å²) in [5.74, 6) is 1.80. The van der Waals surface area contributed by atoms with E-state index in [2.05, 4.69) is 46.0 Å². The first-order valence-corrected chi connectivity index (χ1v) is 13.7. The SMILES string of the molecule is C=C.CC.CC1CCCCC1.CN.FC(F)c1[nH]ncc1C1C=NN2CCC(N3CC4CC3CO4)=NC12. The van der Waals surface area contributed by atoms with Gasteiger partial charge in [0, 0.05) is 31.3 Å². The Hall–Kier alpha value is -2.33. The number of nitrogens with two attached hydrogens (primary N) is 1. The van der Waals surface area contributed by atoms with Crippen LogP contribution in [-0.2, 0) is 4.74 Å². The van der Waals surface area contributed by atoms with Crippen LogP contribution in [0.5, 0.6) is 0 Å². The maximum absolute atomic E-state index is 13.2. The predicted molar refractivity (Wildman–Crippen MR) is 147 cm³/mol. The van der Waals surface area contributed by atoms with Gasteiger partial charge in [0.15, 0.2) is 6.17 Å². The molecule has 37 heavy (non-hydrogen) atoms. The minimum atomic E-state index is -2.58. The summed E-state index contributed by atoms with van der Waals surface area (Å²) < 4.78 is 32.0. The fourth-order valence-electron chi connectivity index (χ4n) is 5.48. The molecule has 0 aromatic carbocycles. The number of H-pyrrole nitrogens is 1. The van der Waals surface area contributed by atoms with Gasteiger partial charge in [0.05, 0.1) is 30.9 Å². The summed E-state index contributed by atoms with van der Waals surface area (Å²) in [6.07, 6.45) is 9.98. The Labute approximate surface area is 221 Å². The molecule has 8 nitrogen and oxygen atoms in total. The van der Waals surface area contributed by atoms with Gasteiger partial charge in [0.25, 0.3) is 6.43 Å². The number of fused-ring (bicyclic) bond motifs is 3. The van der Waals surface area contributed by atoms with Gasteiger partial charge in [-0.05, 0) is 19.4 Å². The van der Waals surface area contributed by atoms with Crippen molar-refractivity contribution >= 4 is 12.1 Å². The van der Waals surface area contributed by atoms with Crippen LogP contribution < -0.4 is 5.73 Å². The third kappa shape index (κ3) is 7.60. The Balaban J connectivity index is 0.000000313. The van der Waals surface area contributed by atoms with E-state index in [1.54, 1.807) is 6.21 Å². The Morgan fingerprint density at radius 1 is 1.16 bits per heavy atom. The van der Waals surface area contributed by atoms with E-state index in [0.29, 0.717) is 17.7 Å². The van der Waals surface area contributed by atoms with Crippen molar-refractivity contribution in [3.8, 4) is 0 Å². The lowest BCUT2D eigenvalue weighted by Gasteiger charge is -2.36. The minimum Gasteiger partial charge on any atom is -0.374 e. The molecule has 1 aromatic rings. The molecule has 4 aliphatic heterocycles. The predicted octanol–water partition coefficient (Wildman–Crippen LogP) is 5.32. The molecule has 5 aliphatic rings. The van der Waals surface area contributed by atoms with Gasteiger partial charge in [0.2, 0.25) is 0 Å². The van der Waals surface area contributed by atoms with E-state index in [1.807, 2.05) is 18.9 Å². The van der Waals surface area contributed by atoms with E-state index in [4.69, 9.17) is 9.73 Å². The van der Waals surface area contributed by atoms with E-state index in [0.717, 1.165) is 44.3 Å². The van der Waals surface area contributed by atoms with Gasteiger partial charge < -0.3 is 15.4 Å². The van der Waals surface area contributed by atoms with E-state index < -0.39 is 6.43 Å². The first kappa shape index (κ1) is 30.9. The van der Waals surface area contributed by atoms with Gasteiger partial charge in [-0.15, -0.1) is 13.2 Å². The van der Waals surface area contributed by atoms with Crippen LogP contribution in [0, 0.1) is 5.92 Å². The number of hydrazone groups is 1. The van der Waals surface area contributed by atoms with Crippen LogP contribution in [0.15, 0.2) is 29.4 Å². The average molecular weight is 524 g/mol. The molecule has 10 heteroatoms. The molecule has 4 atom stereocenters. The van der Waals surface area contributed by atoms with Crippen molar-refractivity contribution in [1.82, 2.24) is 20.1 Å². The number of halogens is 2. The summed E-state index contributed by atoms with van der Waals surface area (Å²) in [6.45, 7) is 14.8. The molecule has 210 valence electrons. The zero-order chi connectivity index (χ0) is 27.4. The van der Waals surface area contributed by atoms with Crippen molar-refractivity contribution in [3.05, 3.63) is 30.6 Å². The molecular formula is C27H47F2N7O. The molecule has 6 rings (SSSR count). The van der Waals surface area contributed by atoms with Gasteiger partial charge in [-0.1, -0.05) is 52.9 Å². The average Bonchev–Trinajstić information content (AvgIpc) is 3.76. The van der Waals surface area contributed by atoms with Crippen molar-refractivity contribution in [3.63, 3.8) is 0 Å². The fraction of sp³-hybridized carbons (Fsp3) is 0.741. The molecule has 4 unspecified atom stereocenters. The molecule has 5 heterocycles. The highest BCUT2D eigenvalue weighted by molar-refractivity contribution is 5.85. The second kappa shape index (κ2) is 15.8. The number of morpholine rings is 1. The quantitative estimate of drug-likeness (QED) is 0.512. The van der Waals surface area contributed by atoms with Gasteiger partial charge in [0.1, 0.15) is 11.5 Å². The molecular weight excluding hydrogens is 476 g/mol. The van der Waals surface area contributed by atoms with Gasteiger partial charge in [-0.3, -0.25) is 10.1 Å². The maximum atomic E-state index is 13.2. The highest BCUT2D eigenvalue weighted by Gasteiger charge is 2.43. The van der Waals surface area contributed by atoms with Crippen LogP contribution >= 0.6 is 0 Å². The lowest BCUT2D eigenvalue weighted by Crippen LogP contribution is -2.47. The summed E-state index contributed by atoms with van der Waals surface area (Å²) in [5, 5.41) is 12.5. The number of rotatable bonds is 2. The number of amidine groups is 1. The van der Waals surface area contributed by atoms with Crippen molar-refractivity contribution in [1.29, 1.82) is 0 Å². The van der Waals surface area contributed by atoms with Crippen LogP contribution in [0.3, 0.4) is 0 Å². The second-order valence-corrected chi connectivity index (χ2v) is 9.44. The normalized spacial score (nSPS) is 27.5. The highest BCUT2D eigenvalue weighted by atomic mass is 19.3. The number of alkyl halides is 2. The molecule has 2 bridgehead atoms. The van der Waals surface area contributed by atoms with Crippen molar-refractivity contribution < 1.29 is 13.5 Å². The first-order chi connectivity index (χ1) is 18.1. The number of aromatic nitrogens is 2. The number of hydrogen-bond donors (Lipinski definition) is 2. The molecule has 1 aromatic heterocycles. The third-order valence-corrected chi connectivity index (χ3v) is 7.25. The molecule has 3 N–H and O–H groups in total. The number of hydrogen-bond acceptors (Lipinski definition) is 7. The summed E-state index contributed by atoms with van der Waals surface area (Å²) in [6, 6.07) is 0.409. The van der Waals surface area contributed by atoms with Crippen LogP contribution in [-0.4, -0.2) is 77.2 Å². The number of nitrogens with zero attached hydrogens (tertiary/aromatic N) is 5. The van der Waals surface area contributed by atoms with Crippen LogP contribution in [0.25, 0.3) is 0 Å². The minimum absolute atomic E-state index is 0.135. The Morgan fingerprint density at radius 2 is 1.86 bits per heavy atom. The molecule has 0 amide bonds. The summed E-state index contributed by atoms with van der Waals surface area (Å²) in [7, 11) is 1.50. The Kier molecular flexibility index (Phi) is 13.2. The van der Waals surface area contributed by atoms with Gasteiger partial charge in [-0.25, -0.2) is 13.8 Å². The van der Waals surface area contributed by atoms with Crippen LogP contribution in [0.2, 0.25) is 0 Å². The summed E-state index contributed by atoms with van der Waals surface area (Å²) in [4.78, 5) is 7.22. The molecule has 3 fully saturated rings. The van der Waals surface area contributed by atoms with E-state index in [9.17, 15) is 8.78 Å². The monoisotopic (exact) mass is 523 g/mol. The number of ether oxygens (including phenoxy) is 1. The summed E-state index contributed by atoms with van der Waals surface area (Å²) in [5.41, 5.74) is 4.85. The fourth-order valence-corrected chi connectivity index (χ4v) is 5.48. The lowest BCUT2D eigenvalue weighted by molar-refractivity contribution is 0.0541. The number of nitrogens with one attached hydrogen (secondary N) is 1. The third-order valence-electron chi connectivity index (χ3n) is 7.25. The smallest absolute Gasteiger partial charge is 0.280 e. The van der Waals surface area contributed by atoms with Gasteiger partial charge in [-0.2, -0.15) is 10.2 Å². The molecule has 1 aliphatic carbocycles. The van der Waals surface area contributed by atoms with E-state index in [-0.39, 0.29) is 17.8 Å². The van der Waals surface area contributed by atoms with Gasteiger partial charge >= 0.3 is 0 Å². The Morgan fingerprint density at radius 3 is 2.41 bits per heavy atom. The van der Waals surface area contributed by atoms with Crippen LogP contribution in [0.1, 0.15) is 89.3 Å². The first-order valence-electron chi connectivity index (χ1n) is 13.7. The number of aromatic amines is 1.